The third-order valence-corrected chi connectivity index (χ3v) is 4.84. The van der Waals surface area contributed by atoms with Crippen LogP contribution in [0, 0.1) is 0 Å². The molecule has 0 spiro atoms. The van der Waals surface area contributed by atoms with Crippen molar-refractivity contribution in [1.29, 1.82) is 0 Å². The van der Waals surface area contributed by atoms with Crippen molar-refractivity contribution in [3.05, 3.63) is 21.9 Å². The van der Waals surface area contributed by atoms with E-state index < -0.39 is 0 Å². The van der Waals surface area contributed by atoms with Crippen LogP contribution in [0.3, 0.4) is 0 Å². The lowest BCUT2D eigenvalue weighted by molar-refractivity contribution is -0.121. The molecular weight excluding hydrogens is 256 g/mol. The van der Waals surface area contributed by atoms with Gasteiger partial charge in [-0.3, -0.25) is 4.79 Å². The molecule has 1 fully saturated rings. The van der Waals surface area contributed by atoms with Crippen LogP contribution in [0.25, 0.3) is 0 Å². The van der Waals surface area contributed by atoms with Crippen molar-refractivity contribution in [2.24, 2.45) is 0 Å². The Bertz CT molecular complexity index is 412. The molecule has 2 N–H and O–H groups in total. The van der Waals surface area contributed by atoms with Crippen molar-refractivity contribution in [1.82, 2.24) is 10.6 Å². The van der Waals surface area contributed by atoms with Gasteiger partial charge in [0.05, 0.1) is 0 Å². The minimum Gasteiger partial charge on any atom is -0.353 e. The predicted octanol–water partition coefficient (Wildman–Crippen LogP) is 3.02. The predicted molar refractivity (Wildman–Crippen MR) is 80.5 cm³/mol. The van der Waals surface area contributed by atoms with Gasteiger partial charge in [-0.25, -0.2) is 0 Å². The highest BCUT2D eigenvalue weighted by Crippen LogP contribution is 2.23. The van der Waals surface area contributed by atoms with Gasteiger partial charge >= 0.3 is 0 Å². The zero-order valence-electron chi connectivity index (χ0n) is 11.9. The van der Waals surface area contributed by atoms with E-state index in [1.807, 2.05) is 11.3 Å². The van der Waals surface area contributed by atoms with Gasteiger partial charge in [-0.2, -0.15) is 0 Å². The number of carbonyl (C=O) groups is 1. The lowest BCUT2D eigenvalue weighted by Gasteiger charge is -2.11. The van der Waals surface area contributed by atoms with Gasteiger partial charge in [0.1, 0.15) is 0 Å². The van der Waals surface area contributed by atoms with Crippen LogP contribution >= 0.6 is 11.3 Å². The molecule has 0 saturated heterocycles. The number of hydrogen-bond donors (Lipinski definition) is 2. The molecule has 3 nitrogen and oxygen atoms in total. The van der Waals surface area contributed by atoms with Gasteiger partial charge < -0.3 is 10.6 Å². The number of rotatable bonds is 8. The van der Waals surface area contributed by atoms with E-state index >= 15 is 0 Å². The molecule has 1 saturated carbocycles. The molecule has 19 heavy (non-hydrogen) atoms. The van der Waals surface area contributed by atoms with E-state index in [9.17, 15) is 4.79 Å². The van der Waals surface area contributed by atoms with Crippen LogP contribution in [-0.2, 0) is 11.2 Å². The summed E-state index contributed by atoms with van der Waals surface area (Å²) in [6.07, 6.45) is 4.99. The van der Waals surface area contributed by atoms with Crippen molar-refractivity contribution < 1.29 is 4.79 Å². The zero-order chi connectivity index (χ0) is 13.7. The maximum atomic E-state index is 11.5. The first-order chi connectivity index (χ1) is 9.19. The Morgan fingerprint density at radius 3 is 2.89 bits per heavy atom. The third-order valence-electron chi connectivity index (χ3n) is 3.43. The quantitative estimate of drug-likeness (QED) is 0.719. The summed E-state index contributed by atoms with van der Waals surface area (Å²) in [6.45, 7) is 5.28. The van der Waals surface area contributed by atoms with Gasteiger partial charge in [-0.1, -0.05) is 6.92 Å². The Balaban J connectivity index is 1.60. The van der Waals surface area contributed by atoms with Crippen LogP contribution in [0.4, 0.5) is 0 Å². The maximum Gasteiger partial charge on any atom is 0.220 e. The molecule has 1 aromatic rings. The lowest BCUT2D eigenvalue weighted by Crippen LogP contribution is -2.26. The number of aryl methyl sites for hydroxylation is 1. The first-order valence-electron chi connectivity index (χ1n) is 7.30. The Labute approximate surface area is 119 Å². The highest BCUT2D eigenvalue weighted by atomic mass is 32.1. The van der Waals surface area contributed by atoms with Crippen molar-refractivity contribution in [3.63, 3.8) is 0 Å². The number of nitrogens with one attached hydrogen (secondary N) is 2. The minimum absolute atomic E-state index is 0.210. The van der Waals surface area contributed by atoms with Crippen molar-refractivity contribution in [2.75, 3.05) is 6.54 Å². The van der Waals surface area contributed by atoms with E-state index in [0.29, 0.717) is 18.5 Å². The van der Waals surface area contributed by atoms with Crippen LogP contribution in [0.1, 0.15) is 55.3 Å². The van der Waals surface area contributed by atoms with Gasteiger partial charge in [0.25, 0.3) is 0 Å². The Morgan fingerprint density at radius 1 is 1.47 bits per heavy atom. The Hall–Kier alpha value is -0.870. The molecule has 0 bridgehead atoms. The van der Waals surface area contributed by atoms with E-state index in [1.165, 1.54) is 22.6 Å². The fraction of sp³-hybridized carbons (Fsp3) is 0.667. The van der Waals surface area contributed by atoms with Crippen LogP contribution in [0.15, 0.2) is 12.1 Å². The number of amides is 1. The molecule has 106 valence electrons. The molecule has 1 unspecified atom stereocenters. The molecule has 1 heterocycles. The standard InChI is InChI=1S/C15H24N2OS/c1-3-13-8-9-14(19-13)11(2)16-10-4-5-15(18)17-12-6-7-12/h8-9,11-12,16H,3-7,10H2,1-2H3,(H,17,18). The Kier molecular flexibility index (Phi) is 5.40. The van der Waals surface area contributed by atoms with Crippen LogP contribution < -0.4 is 10.6 Å². The van der Waals surface area contributed by atoms with Crippen molar-refractivity contribution >= 4 is 17.2 Å². The fourth-order valence-electron chi connectivity index (χ4n) is 2.01. The van der Waals surface area contributed by atoms with E-state index in [-0.39, 0.29) is 5.91 Å². The number of hydrogen-bond acceptors (Lipinski definition) is 3. The van der Waals surface area contributed by atoms with Crippen LogP contribution in [0.2, 0.25) is 0 Å². The van der Waals surface area contributed by atoms with E-state index in [1.54, 1.807) is 0 Å². The summed E-state index contributed by atoms with van der Waals surface area (Å²) in [7, 11) is 0. The topological polar surface area (TPSA) is 41.1 Å². The Morgan fingerprint density at radius 2 is 2.26 bits per heavy atom. The minimum atomic E-state index is 0.210. The summed E-state index contributed by atoms with van der Waals surface area (Å²) in [4.78, 5) is 14.3. The fourth-order valence-corrected chi connectivity index (χ4v) is 2.99. The monoisotopic (exact) mass is 280 g/mol. The maximum absolute atomic E-state index is 11.5. The highest BCUT2D eigenvalue weighted by Gasteiger charge is 2.22. The molecule has 0 aromatic carbocycles. The first-order valence-corrected chi connectivity index (χ1v) is 8.12. The molecular formula is C15H24N2OS. The van der Waals surface area contributed by atoms with Gasteiger partial charge in [0, 0.05) is 28.3 Å². The second-order valence-electron chi connectivity index (χ2n) is 5.28. The van der Waals surface area contributed by atoms with Crippen LogP contribution in [-0.4, -0.2) is 18.5 Å². The average Bonchev–Trinajstić information content (AvgIpc) is 3.08. The van der Waals surface area contributed by atoms with Crippen molar-refractivity contribution in [2.45, 2.75) is 58.0 Å². The zero-order valence-corrected chi connectivity index (χ0v) is 12.7. The normalized spacial score (nSPS) is 16.3. The second kappa shape index (κ2) is 7.06. The summed E-state index contributed by atoms with van der Waals surface area (Å²) in [5.41, 5.74) is 0. The summed E-state index contributed by atoms with van der Waals surface area (Å²) in [5, 5.41) is 6.51. The molecule has 1 amide bonds. The molecule has 4 heteroatoms. The van der Waals surface area contributed by atoms with Crippen molar-refractivity contribution in [3.8, 4) is 0 Å². The van der Waals surface area contributed by atoms with E-state index in [0.717, 1.165) is 19.4 Å². The molecule has 0 aliphatic heterocycles. The van der Waals surface area contributed by atoms with Gasteiger partial charge in [0.15, 0.2) is 0 Å². The van der Waals surface area contributed by atoms with E-state index in [4.69, 9.17) is 0 Å². The number of thiophene rings is 1. The molecule has 1 aromatic heterocycles. The molecule has 0 radical (unpaired) electrons. The highest BCUT2D eigenvalue weighted by molar-refractivity contribution is 7.12. The smallest absolute Gasteiger partial charge is 0.220 e. The lowest BCUT2D eigenvalue weighted by atomic mass is 10.2. The molecule has 1 aliphatic rings. The van der Waals surface area contributed by atoms with Gasteiger partial charge in [-0.15, -0.1) is 11.3 Å². The summed E-state index contributed by atoms with van der Waals surface area (Å²) < 4.78 is 0. The summed E-state index contributed by atoms with van der Waals surface area (Å²) in [6, 6.07) is 5.29. The molecule has 1 aliphatic carbocycles. The first kappa shape index (κ1) is 14.5. The van der Waals surface area contributed by atoms with Gasteiger partial charge in [-0.05, 0) is 51.3 Å². The van der Waals surface area contributed by atoms with Crippen LogP contribution in [0.5, 0.6) is 0 Å². The van der Waals surface area contributed by atoms with Gasteiger partial charge in [0.2, 0.25) is 5.91 Å². The summed E-state index contributed by atoms with van der Waals surface area (Å²) in [5.74, 6) is 0.210. The molecule has 2 rings (SSSR count). The molecule has 1 atom stereocenters. The third kappa shape index (κ3) is 4.96. The van der Waals surface area contributed by atoms with E-state index in [2.05, 4.69) is 36.6 Å². The number of carbonyl (C=O) groups excluding carboxylic acids is 1. The SMILES string of the molecule is CCc1ccc(C(C)NCCCC(=O)NC2CC2)s1. The average molecular weight is 280 g/mol. The second-order valence-corrected chi connectivity index (χ2v) is 6.48. The summed E-state index contributed by atoms with van der Waals surface area (Å²) >= 11 is 1.88. The largest absolute Gasteiger partial charge is 0.353 e.